The van der Waals surface area contributed by atoms with E-state index < -0.39 is 0 Å². The Balaban J connectivity index is 1.88. The molecule has 2 aromatic rings. The summed E-state index contributed by atoms with van der Waals surface area (Å²) in [5.74, 6) is 0.388. The van der Waals surface area contributed by atoms with Crippen molar-refractivity contribution in [2.75, 3.05) is 0 Å². The van der Waals surface area contributed by atoms with Gasteiger partial charge in [0.1, 0.15) is 0 Å². The lowest BCUT2D eigenvalue weighted by Gasteiger charge is -2.16. The molecular weight excluding hydrogens is 230 g/mol. The van der Waals surface area contributed by atoms with Crippen LogP contribution in [0.2, 0.25) is 0 Å². The molecule has 0 aliphatic heterocycles. The Morgan fingerprint density at radius 3 is 2.71 bits per heavy atom. The van der Waals surface area contributed by atoms with Crippen LogP contribution in [0.5, 0.6) is 0 Å². The summed E-state index contributed by atoms with van der Waals surface area (Å²) in [5.41, 5.74) is 3.10. The number of aromatic nitrogens is 1. The van der Waals surface area contributed by atoms with Crippen LogP contribution in [0, 0.1) is 0 Å². The average molecular weight is 247 g/mol. The molecule has 2 atom stereocenters. The van der Waals surface area contributed by atoms with Gasteiger partial charge in [-0.1, -0.05) is 37.3 Å². The zero-order chi connectivity index (χ0) is 12.1. The quantitative estimate of drug-likeness (QED) is 0.880. The van der Waals surface area contributed by atoms with Gasteiger partial charge in [-0.15, -0.1) is 11.3 Å². The number of aliphatic hydroxyl groups excluding tert-OH is 1. The van der Waals surface area contributed by atoms with Crippen LogP contribution >= 0.6 is 11.3 Å². The van der Waals surface area contributed by atoms with Gasteiger partial charge in [0, 0.05) is 17.5 Å². The molecule has 0 saturated heterocycles. The standard InChI is InChI=1S/C14H17NOS/c1-11(12-5-3-2-4-6-12)7-13(16)8-14-9-15-10-17-14/h2-6,9-11,13,16H,7-8H2,1H3. The molecule has 1 N–H and O–H groups in total. The minimum atomic E-state index is -0.286. The highest BCUT2D eigenvalue weighted by atomic mass is 32.1. The van der Waals surface area contributed by atoms with E-state index >= 15 is 0 Å². The first kappa shape index (κ1) is 12.3. The molecule has 90 valence electrons. The van der Waals surface area contributed by atoms with E-state index in [1.807, 2.05) is 29.9 Å². The van der Waals surface area contributed by atoms with Crippen molar-refractivity contribution in [1.82, 2.24) is 4.98 Å². The van der Waals surface area contributed by atoms with Gasteiger partial charge < -0.3 is 5.11 Å². The fourth-order valence-electron chi connectivity index (χ4n) is 1.98. The molecular formula is C14H17NOS. The molecule has 0 aliphatic carbocycles. The predicted octanol–water partition coefficient (Wildman–Crippen LogP) is 3.24. The van der Waals surface area contributed by atoms with Crippen LogP contribution < -0.4 is 0 Å². The Kier molecular flexibility index (Phi) is 4.29. The maximum absolute atomic E-state index is 10.0. The number of rotatable bonds is 5. The largest absolute Gasteiger partial charge is 0.393 e. The second-order valence-electron chi connectivity index (χ2n) is 4.37. The molecule has 0 radical (unpaired) electrons. The summed E-state index contributed by atoms with van der Waals surface area (Å²) in [7, 11) is 0. The minimum Gasteiger partial charge on any atom is -0.393 e. The summed E-state index contributed by atoms with van der Waals surface area (Å²) in [5, 5.41) is 10.0. The van der Waals surface area contributed by atoms with Gasteiger partial charge in [-0.3, -0.25) is 4.98 Å². The van der Waals surface area contributed by atoms with Crippen LogP contribution in [-0.4, -0.2) is 16.2 Å². The van der Waals surface area contributed by atoms with Crippen molar-refractivity contribution in [2.45, 2.75) is 31.8 Å². The molecule has 1 aromatic carbocycles. The van der Waals surface area contributed by atoms with E-state index in [2.05, 4.69) is 24.0 Å². The Hall–Kier alpha value is -1.19. The van der Waals surface area contributed by atoms with Crippen LogP contribution in [0.15, 0.2) is 42.0 Å². The highest BCUT2D eigenvalue weighted by Gasteiger charge is 2.13. The third-order valence-corrected chi connectivity index (χ3v) is 3.72. The number of nitrogens with zero attached hydrogens (tertiary/aromatic N) is 1. The van der Waals surface area contributed by atoms with E-state index in [0.717, 1.165) is 11.3 Å². The van der Waals surface area contributed by atoms with E-state index in [4.69, 9.17) is 0 Å². The van der Waals surface area contributed by atoms with E-state index in [1.54, 1.807) is 11.3 Å². The van der Waals surface area contributed by atoms with Gasteiger partial charge in [0.05, 0.1) is 11.6 Å². The number of hydrogen-bond acceptors (Lipinski definition) is 3. The predicted molar refractivity (Wildman–Crippen MR) is 71.3 cm³/mol. The lowest BCUT2D eigenvalue weighted by Crippen LogP contribution is -2.13. The smallest absolute Gasteiger partial charge is 0.0794 e. The highest BCUT2D eigenvalue weighted by Crippen LogP contribution is 2.22. The summed E-state index contributed by atoms with van der Waals surface area (Å²) < 4.78 is 0. The molecule has 2 rings (SSSR count). The first-order valence-corrected chi connectivity index (χ1v) is 6.74. The number of aliphatic hydroxyl groups is 1. The Bertz CT molecular complexity index is 427. The van der Waals surface area contributed by atoms with E-state index in [1.165, 1.54) is 5.56 Å². The molecule has 1 heterocycles. The lowest BCUT2D eigenvalue weighted by atomic mass is 9.94. The van der Waals surface area contributed by atoms with Crippen molar-refractivity contribution in [3.8, 4) is 0 Å². The van der Waals surface area contributed by atoms with Crippen molar-refractivity contribution in [3.05, 3.63) is 52.5 Å². The van der Waals surface area contributed by atoms with Crippen LogP contribution in [0.4, 0.5) is 0 Å². The van der Waals surface area contributed by atoms with Crippen molar-refractivity contribution in [2.24, 2.45) is 0 Å². The summed E-state index contributed by atoms with van der Waals surface area (Å²) in [6, 6.07) is 10.3. The lowest BCUT2D eigenvalue weighted by molar-refractivity contribution is 0.158. The first-order valence-electron chi connectivity index (χ1n) is 5.86. The zero-order valence-electron chi connectivity index (χ0n) is 9.91. The minimum absolute atomic E-state index is 0.286. The summed E-state index contributed by atoms with van der Waals surface area (Å²) >= 11 is 1.60. The van der Waals surface area contributed by atoms with Gasteiger partial charge in [0.2, 0.25) is 0 Å². The molecule has 3 heteroatoms. The molecule has 2 unspecified atom stereocenters. The Morgan fingerprint density at radius 2 is 2.06 bits per heavy atom. The third kappa shape index (κ3) is 3.65. The van der Waals surface area contributed by atoms with Crippen LogP contribution in [-0.2, 0) is 6.42 Å². The molecule has 0 aliphatic rings. The molecule has 0 bridgehead atoms. The molecule has 0 amide bonds. The van der Waals surface area contributed by atoms with Crippen LogP contribution in [0.25, 0.3) is 0 Å². The SMILES string of the molecule is CC(CC(O)Cc1cncs1)c1ccccc1. The van der Waals surface area contributed by atoms with Gasteiger partial charge in [-0.05, 0) is 17.9 Å². The number of thiazole rings is 1. The van der Waals surface area contributed by atoms with Gasteiger partial charge in [-0.25, -0.2) is 0 Å². The third-order valence-electron chi connectivity index (χ3n) is 2.91. The van der Waals surface area contributed by atoms with E-state index in [9.17, 15) is 5.11 Å². The first-order chi connectivity index (χ1) is 8.25. The summed E-state index contributed by atoms with van der Waals surface area (Å²) in [6.45, 7) is 2.16. The number of benzene rings is 1. The van der Waals surface area contributed by atoms with Gasteiger partial charge in [0.25, 0.3) is 0 Å². The topological polar surface area (TPSA) is 33.1 Å². The fourth-order valence-corrected chi connectivity index (χ4v) is 2.65. The van der Waals surface area contributed by atoms with E-state index in [0.29, 0.717) is 12.3 Å². The second-order valence-corrected chi connectivity index (χ2v) is 5.34. The van der Waals surface area contributed by atoms with Crippen LogP contribution in [0.3, 0.4) is 0 Å². The molecule has 0 spiro atoms. The highest BCUT2D eigenvalue weighted by molar-refractivity contribution is 7.09. The monoisotopic (exact) mass is 247 g/mol. The zero-order valence-corrected chi connectivity index (χ0v) is 10.7. The maximum atomic E-state index is 10.0. The molecule has 1 aromatic heterocycles. The maximum Gasteiger partial charge on any atom is 0.0794 e. The number of hydrogen-bond donors (Lipinski definition) is 1. The fraction of sp³-hybridized carbons (Fsp3) is 0.357. The van der Waals surface area contributed by atoms with E-state index in [-0.39, 0.29) is 6.10 Å². The Morgan fingerprint density at radius 1 is 1.29 bits per heavy atom. The molecule has 2 nitrogen and oxygen atoms in total. The van der Waals surface area contributed by atoms with Crippen molar-refractivity contribution in [3.63, 3.8) is 0 Å². The van der Waals surface area contributed by atoms with Crippen molar-refractivity contribution >= 4 is 11.3 Å². The molecule has 0 saturated carbocycles. The van der Waals surface area contributed by atoms with Crippen molar-refractivity contribution in [1.29, 1.82) is 0 Å². The summed E-state index contributed by atoms with van der Waals surface area (Å²) in [4.78, 5) is 5.17. The molecule has 0 fully saturated rings. The molecule has 17 heavy (non-hydrogen) atoms. The van der Waals surface area contributed by atoms with Crippen molar-refractivity contribution < 1.29 is 5.11 Å². The van der Waals surface area contributed by atoms with Crippen LogP contribution in [0.1, 0.15) is 29.7 Å². The van der Waals surface area contributed by atoms with Gasteiger partial charge in [0.15, 0.2) is 0 Å². The van der Waals surface area contributed by atoms with Gasteiger partial charge in [-0.2, -0.15) is 0 Å². The Labute approximate surface area is 106 Å². The average Bonchev–Trinajstić information content (AvgIpc) is 2.82. The second kappa shape index (κ2) is 5.94. The summed E-state index contributed by atoms with van der Waals surface area (Å²) in [6.07, 6.45) is 3.05. The van der Waals surface area contributed by atoms with Gasteiger partial charge >= 0.3 is 0 Å². The normalized spacial score (nSPS) is 14.5.